The fraction of sp³-hybridized carbons (Fsp3) is 0.200. The Labute approximate surface area is 193 Å². The Kier molecular flexibility index (Phi) is 5.53. The Balaban J connectivity index is 1.48. The van der Waals surface area contributed by atoms with Gasteiger partial charge in [-0.15, -0.1) is 0 Å². The number of nitrogen functional groups attached to an aromatic ring is 1. The molecular formula is C25H21F2N5O2. The molecule has 2 aromatic carbocycles. The second-order valence-corrected chi connectivity index (χ2v) is 8.33. The third-order valence-electron chi connectivity index (χ3n) is 6.16. The van der Waals surface area contributed by atoms with E-state index in [9.17, 15) is 18.4 Å². The smallest absolute Gasteiger partial charge is 0.258 e. The van der Waals surface area contributed by atoms with E-state index < -0.39 is 17.5 Å². The Morgan fingerprint density at radius 1 is 1.03 bits per heavy atom. The van der Waals surface area contributed by atoms with Crippen molar-refractivity contribution in [2.24, 2.45) is 0 Å². The molecule has 1 amide bonds. The number of hydrogen-bond acceptors (Lipinski definition) is 5. The Bertz CT molecular complexity index is 1430. The molecule has 0 aliphatic heterocycles. The van der Waals surface area contributed by atoms with E-state index >= 15 is 0 Å². The lowest BCUT2D eigenvalue weighted by atomic mass is 10.0. The number of nitrogens with one attached hydrogen (secondary N) is 1. The monoisotopic (exact) mass is 461 g/mol. The molecule has 9 heteroatoms. The average Bonchev–Trinajstić information content (AvgIpc) is 3.47. The van der Waals surface area contributed by atoms with Crippen LogP contribution in [0.3, 0.4) is 0 Å². The predicted octanol–water partition coefficient (Wildman–Crippen LogP) is 4.89. The van der Waals surface area contributed by atoms with E-state index in [1.54, 1.807) is 24.4 Å². The molecule has 7 nitrogen and oxygen atoms in total. The molecule has 2 heterocycles. The fourth-order valence-electron chi connectivity index (χ4n) is 4.51. The highest BCUT2D eigenvalue weighted by Crippen LogP contribution is 2.35. The number of nitrogens with two attached hydrogens (primary N) is 1. The second-order valence-electron chi connectivity index (χ2n) is 8.33. The highest BCUT2D eigenvalue weighted by molar-refractivity contribution is 6.18. The van der Waals surface area contributed by atoms with Gasteiger partial charge in [-0.2, -0.15) is 0 Å². The van der Waals surface area contributed by atoms with Crippen LogP contribution in [0.5, 0.6) is 0 Å². The van der Waals surface area contributed by atoms with E-state index in [0.29, 0.717) is 33.9 Å². The standard InChI is InChI=1S/C25H21F2N5O2/c26-15-8-9-18(20(27)11-15)25(34)31-16-5-3-4-14(10-16)22(33)19-12-32(17-6-1-2-7-17)24-21(19)23(28)29-13-30-24/h3-5,8-13,17H,1-2,6-7H2,(H,31,34)(H2,28,29,30). The van der Waals surface area contributed by atoms with Crippen LogP contribution >= 0.6 is 0 Å². The number of benzene rings is 2. The van der Waals surface area contributed by atoms with Crippen LogP contribution in [0.1, 0.15) is 58.0 Å². The van der Waals surface area contributed by atoms with Crippen molar-refractivity contribution in [3.8, 4) is 0 Å². The predicted molar refractivity (Wildman–Crippen MR) is 124 cm³/mol. The number of anilines is 2. The number of ketones is 1. The van der Waals surface area contributed by atoms with Gasteiger partial charge >= 0.3 is 0 Å². The minimum atomic E-state index is -0.972. The van der Waals surface area contributed by atoms with Gasteiger partial charge in [-0.05, 0) is 37.1 Å². The quantitative estimate of drug-likeness (QED) is 0.412. The molecule has 5 rings (SSSR count). The molecule has 0 bridgehead atoms. The molecule has 1 fully saturated rings. The molecule has 34 heavy (non-hydrogen) atoms. The van der Waals surface area contributed by atoms with E-state index in [4.69, 9.17) is 5.73 Å². The molecular weight excluding hydrogens is 440 g/mol. The Hall–Kier alpha value is -4.14. The Morgan fingerprint density at radius 2 is 1.82 bits per heavy atom. The first-order chi connectivity index (χ1) is 16.4. The number of aromatic nitrogens is 3. The highest BCUT2D eigenvalue weighted by atomic mass is 19.1. The zero-order valence-corrected chi connectivity index (χ0v) is 18.1. The SMILES string of the molecule is Nc1ncnc2c1c(C(=O)c1cccc(NC(=O)c3ccc(F)cc3F)c1)cn2C1CCCC1. The van der Waals surface area contributed by atoms with Crippen molar-refractivity contribution in [2.75, 3.05) is 11.1 Å². The first-order valence-corrected chi connectivity index (χ1v) is 10.9. The van der Waals surface area contributed by atoms with E-state index in [2.05, 4.69) is 15.3 Å². The normalized spacial score (nSPS) is 13.9. The lowest BCUT2D eigenvalue weighted by Gasteiger charge is -2.12. The molecule has 3 N–H and O–H groups in total. The minimum absolute atomic E-state index is 0.223. The van der Waals surface area contributed by atoms with Gasteiger partial charge < -0.3 is 15.6 Å². The van der Waals surface area contributed by atoms with E-state index in [1.165, 1.54) is 12.4 Å². The molecule has 1 aliphatic rings. The maximum atomic E-state index is 14.0. The number of halogens is 2. The summed E-state index contributed by atoms with van der Waals surface area (Å²) in [7, 11) is 0. The molecule has 1 saturated carbocycles. The Morgan fingerprint density at radius 3 is 2.59 bits per heavy atom. The topological polar surface area (TPSA) is 103 Å². The summed E-state index contributed by atoms with van der Waals surface area (Å²) in [6.45, 7) is 0. The summed E-state index contributed by atoms with van der Waals surface area (Å²) in [4.78, 5) is 34.4. The van der Waals surface area contributed by atoms with Crippen LogP contribution in [0.15, 0.2) is 55.0 Å². The van der Waals surface area contributed by atoms with Gasteiger partial charge in [0.1, 0.15) is 29.4 Å². The molecule has 0 unspecified atom stereocenters. The van der Waals surface area contributed by atoms with E-state index in [1.807, 2.05) is 4.57 Å². The van der Waals surface area contributed by atoms with Gasteiger partial charge in [0, 0.05) is 29.6 Å². The first kappa shape index (κ1) is 21.7. The molecule has 2 aromatic heterocycles. The summed E-state index contributed by atoms with van der Waals surface area (Å²) >= 11 is 0. The van der Waals surface area contributed by atoms with Gasteiger partial charge in [-0.3, -0.25) is 9.59 Å². The van der Waals surface area contributed by atoms with E-state index in [-0.39, 0.29) is 23.2 Å². The lowest BCUT2D eigenvalue weighted by Crippen LogP contribution is -2.14. The fourth-order valence-corrected chi connectivity index (χ4v) is 4.51. The molecule has 0 atom stereocenters. The van der Waals surface area contributed by atoms with Gasteiger partial charge in [-0.1, -0.05) is 25.0 Å². The number of nitrogens with zero attached hydrogens (tertiary/aromatic N) is 3. The molecule has 0 spiro atoms. The van der Waals surface area contributed by atoms with Crippen molar-refractivity contribution in [2.45, 2.75) is 31.7 Å². The second kappa shape index (κ2) is 8.66. The maximum Gasteiger partial charge on any atom is 0.258 e. The van der Waals surface area contributed by atoms with Gasteiger partial charge in [0.2, 0.25) is 0 Å². The van der Waals surface area contributed by atoms with Crippen molar-refractivity contribution in [1.82, 2.24) is 14.5 Å². The maximum absolute atomic E-state index is 14.0. The zero-order chi connectivity index (χ0) is 23.8. The number of amides is 1. The third-order valence-corrected chi connectivity index (χ3v) is 6.16. The van der Waals surface area contributed by atoms with Crippen LogP contribution in [0, 0.1) is 11.6 Å². The van der Waals surface area contributed by atoms with Crippen molar-refractivity contribution in [1.29, 1.82) is 0 Å². The third kappa shape index (κ3) is 3.89. The van der Waals surface area contributed by atoms with Gasteiger partial charge in [0.05, 0.1) is 16.5 Å². The summed E-state index contributed by atoms with van der Waals surface area (Å²) in [5, 5.41) is 3.06. The summed E-state index contributed by atoms with van der Waals surface area (Å²) < 4.78 is 29.1. The van der Waals surface area contributed by atoms with Crippen LogP contribution in [0.25, 0.3) is 11.0 Å². The molecule has 1 aliphatic carbocycles. The summed E-state index contributed by atoms with van der Waals surface area (Å²) in [6, 6.07) is 9.27. The number of carbonyl (C=O) groups excluding carboxylic acids is 2. The average molecular weight is 461 g/mol. The number of carbonyl (C=O) groups is 2. The van der Waals surface area contributed by atoms with Crippen molar-refractivity contribution >= 4 is 34.2 Å². The lowest BCUT2D eigenvalue weighted by molar-refractivity contribution is 0.101. The summed E-state index contributed by atoms with van der Waals surface area (Å²) in [6.07, 6.45) is 7.41. The van der Waals surface area contributed by atoms with Crippen LogP contribution in [-0.4, -0.2) is 26.2 Å². The van der Waals surface area contributed by atoms with E-state index in [0.717, 1.165) is 37.8 Å². The van der Waals surface area contributed by atoms with Crippen LogP contribution in [0.2, 0.25) is 0 Å². The van der Waals surface area contributed by atoms with Crippen LogP contribution in [0.4, 0.5) is 20.3 Å². The van der Waals surface area contributed by atoms with Gasteiger partial charge in [-0.25, -0.2) is 18.7 Å². The molecule has 0 radical (unpaired) electrons. The molecule has 4 aromatic rings. The van der Waals surface area contributed by atoms with Crippen LogP contribution < -0.4 is 11.1 Å². The number of fused-ring (bicyclic) bond motifs is 1. The van der Waals surface area contributed by atoms with Gasteiger partial charge in [0.25, 0.3) is 5.91 Å². The highest BCUT2D eigenvalue weighted by Gasteiger charge is 2.25. The van der Waals surface area contributed by atoms with Crippen molar-refractivity contribution < 1.29 is 18.4 Å². The zero-order valence-electron chi connectivity index (χ0n) is 18.1. The number of hydrogen-bond donors (Lipinski definition) is 2. The molecule has 0 saturated heterocycles. The van der Waals surface area contributed by atoms with Crippen molar-refractivity contribution in [3.05, 3.63) is 83.3 Å². The van der Waals surface area contributed by atoms with Gasteiger partial charge in [0.15, 0.2) is 5.78 Å². The first-order valence-electron chi connectivity index (χ1n) is 10.9. The van der Waals surface area contributed by atoms with Crippen LogP contribution in [-0.2, 0) is 0 Å². The summed E-state index contributed by atoms with van der Waals surface area (Å²) in [5.74, 6) is -2.58. The minimum Gasteiger partial charge on any atom is -0.383 e. The van der Waals surface area contributed by atoms with Crippen molar-refractivity contribution in [3.63, 3.8) is 0 Å². The number of rotatable bonds is 5. The summed E-state index contributed by atoms with van der Waals surface area (Å²) in [5.41, 5.74) is 7.44. The molecule has 172 valence electrons. The largest absolute Gasteiger partial charge is 0.383 e.